The number of allylic oxidation sites excluding steroid dienone is 1. The molecule has 0 aliphatic carbocycles. The van der Waals surface area contributed by atoms with E-state index in [1.807, 2.05) is 19.2 Å². The van der Waals surface area contributed by atoms with Gasteiger partial charge in [-0.1, -0.05) is 73.7 Å². The molecule has 0 aromatic heterocycles. The van der Waals surface area contributed by atoms with E-state index in [-0.39, 0.29) is 0 Å². The van der Waals surface area contributed by atoms with Crippen LogP contribution in [0, 0.1) is 0 Å². The molecular formula is C26H29NO. The fourth-order valence-corrected chi connectivity index (χ4v) is 3.62. The maximum absolute atomic E-state index is 9.74. The molecule has 0 bridgehead atoms. The third-order valence-electron chi connectivity index (χ3n) is 5.07. The van der Waals surface area contributed by atoms with E-state index in [0.717, 1.165) is 31.4 Å². The Bertz CT molecular complexity index is 893. The lowest BCUT2D eigenvalue weighted by Gasteiger charge is -2.17. The topological polar surface area (TPSA) is 32.3 Å². The van der Waals surface area contributed by atoms with Crippen molar-refractivity contribution >= 4 is 11.1 Å². The Morgan fingerprint density at radius 1 is 0.786 bits per heavy atom. The van der Waals surface area contributed by atoms with Gasteiger partial charge in [-0.3, -0.25) is 0 Å². The lowest BCUT2D eigenvalue weighted by Crippen LogP contribution is -2.08. The molecule has 0 aliphatic rings. The predicted octanol–water partition coefficient (Wildman–Crippen LogP) is 5.91. The third-order valence-corrected chi connectivity index (χ3v) is 5.07. The van der Waals surface area contributed by atoms with E-state index in [1.165, 1.54) is 27.8 Å². The number of phenols is 1. The van der Waals surface area contributed by atoms with Gasteiger partial charge in [-0.15, -0.1) is 0 Å². The molecule has 0 atom stereocenters. The van der Waals surface area contributed by atoms with E-state index in [0.29, 0.717) is 5.75 Å². The first-order chi connectivity index (χ1) is 13.7. The van der Waals surface area contributed by atoms with Crippen LogP contribution in [0.3, 0.4) is 0 Å². The highest BCUT2D eigenvalue weighted by molar-refractivity contribution is 5.98. The number of hydrogen-bond donors (Lipinski definition) is 2. The number of phenolic OH excluding ortho intramolecular Hbond substituents is 1. The van der Waals surface area contributed by atoms with Gasteiger partial charge in [0.25, 0.3) is 0 Å². The molecule has 0 amide bonds. The molecule has 3 aromatic carbocycles. The molecule has 28 heavy (non-hydrogen) atoms. The van der Waals surface area contributed by atoms with Crippen molar-refractivity contribution < 1.29 is 5.11 Å². The summed E-state index contributed by atoms with van der Waals surface area (Å²) in [6.45, 7) is 3.24. The van der Waals surface area contributed by atoms with Crippen molar-refractivity contribution in [2.75, 3.05) is 13.6 Å². The molecule has 2 nitrogen and oxygen atoms in total. The molecule has 0 heterocycles. The van der Waals surface area contributed by atoms with Crippen LogP contribution in [-0.2, 0) is 6.42 Å². The monoisotopic (exact) mass is 371 g/mol. The first kappa shape index (κ1) is 19.9. The average Bonchev–Trinajstić information content (AvgIpc) is 2.74. The van der Waals surface area contributed by atoms with Crippen molar-refractivity contribution in [2.45, 2.75) is 26.2 Å². The summed E-state index contributed by atoms with van der Waals surface area (Å²) in [5.74, 6) is 0.292. The molecule has 0 aliphatic heterocycles. The molecule has 3 aromatic rings. The Morgan fingerprint density at radius 3 is 1.96 bits per heavy atom. The lowest BCUT2D eigenvalue weighted by atomic mass is 9.87. The maximum atomic E-state index is 9.74. The van der Waals surface area contributed by atoms with E-state index < -0.39 is 0 Å². The number of aromatic hydroxyl groups is 1. The van der Waals surface area contributed by atoms with Crippen molar-refractivity contribution in [3.8, 4) is 5.75 Å². The smallest absolute Gasteiger partial charge is 0.115 e. The number of hydrogen-bond acceptors (Lipinski definition) is 2. The van der Waals surface area contributed by atoms with Gasteiger partial charge in [0, 0.05) is 0 Å². The highest BCUT2D eigenvalue weighted by atomic mass is 16.3. The van der Waals surface area contributed by atoms with E-state index in [2.05, 4.69) is 66.8 Å². The van der Waals surface area contributed by atoms with Crippen molar-refractivity contribution in [1.29, 1.82) is 0 Å². The molecule has 0 saturated heterocycles. The van der Waals surface area contributed by atoms with Gasteiger partial charge in [-0.25, -0.2) is 0 Å². The summed E-state index contributed by atoms with van der Waals surface area (Å²) in [6.07, 6.45) is 3.16. The summed E-state index contributed by atoms with van der Waals surface area (Å²) >= 11 is 0. The van der Waals surface area contributed by atoms with Crippen molar-refractivity contribution in [1.82, 2.24) is 5.32 Å². The molecule has 2 N–H and O–H groups in total. The number of aryl methyl sites for hydroxylation is 1. The highest BCUT2D eigenvalue weighted by Gasteiger charge is 2.13. The fourth-order valence-electron chi connectivity index (χ4n) is 3.62. The summed E-state index contributed by atoms with van der Waals surface area (Å²) in [4.78, 5) is 0. The molecular weight excluding hydrogens is 342 g/mol. The Labute approximate surface area is 168 Å². The number of rotatable bonds is 8. The maximum Gasteiger partial charge on any atom is 0.115 e. The standard InChI is InChI=1S/C26H29NO/c1-3-25(21-9-5-4-6-10-21)26(23-15-17-24(28)18-16-23)22-13-11-20(12-14-22)8-7-19-27-2/h4-6,9-18,27-28H,3,7-8,19H2,1-2H3. The van der Waals surface area contributed by atoms with Gasteiger partial charge in [0.05, 0.1) is 0 Å². The second-order valence-electron chi connectivity index (χ2n) is 7.02. The van der Waals surface area contributed by atoms with Crippen LogP contribution in [0.2, 0.25) is 0 Å². The van der Waals surface area contributed by atoms with Crippen LogP contribution in [-0.4, -0.2) is 18.7 Å². The minimum absolute atomic E-state index is 0.292. The minimum Gasteiger partial charge on any atom is -0.508 e. The van der Waals surface area contributed by atoms with Crippen LogP contribution >= 0.6 is 0 Å². The molecule has 0 unspecified atom stereocenters. The van der Waals surface area contributed by atoms with Crippen LogP contribution < -0.4 is 5.32 Å². The van der Waals surface area contributed by atoms with Crippen molar-refractivity contribution in [2.24, 2.45) is 0 Å². The quantitative estimate of drug-likeness (QED) is 0.381. The SMILES string of the molecule is CCC(=C(c1ccc(O)cc1)c1ccc(CCCNC)cc1)c1ccccc1. The zero-order chi connectivity index (χ0) is 19.8. The van der Waals surface area contributed by atoms with Crippen LogP contribution in [0.15, 0.2) is 78.9 Å². The van der Waals surface area contributed by atoms with E-state index in [1.54, 1.807) is 12.1 Å². The van der Waals surface area contributed by atoms with Crippen LogP contribution in [0.25, 0.3) is 11.1 Å². The molecule has 144 valence electrons. The van der Waals surface area contributed by atoms with E-state index in [4.69, 9.17) is 0 Å². The van der Waals surface area contributed by atoms with Gasteiger partial charge in [0.1, 0.15) is 5.75 Å². The van der Waals surface area contributed by atoms with Gasteiger partial charge in [-0.05, 0) is 78.4 Å². The average molecular weight is 372 g/mol. The van der Waals surface area contributed by atoms with Gasteiger partial charge in [0.15, 0.2) is 0 Å². The summed E-state index contributed by atoms with van der Waals surface area (Å²) < 4.78 is 0. The lowest BCUT2D eigenvalue weighted by molar-refractivity contribution is 0.475. The van der Waals surface area contributed by atoms with Gasteiger partial charge < -0.3 is 10.4 Å². The Balaban J connectivity index is 2.06. The fraction of sp³-hybridized carbons (Fsp3) is 0.231. The van der Waals surface area contributed by atoms with Crippen LogP contribution in [0.5, 0.6) is 5.75 Å². The molecule has 3 rings (SSSR count). The first-order valence-electron chi connectivity index (χ1n) is 10.0. The van der Waals surface area contributed by atoms with E-state index in [9.17, 15) is 5.11 Å². The Morgan fingerprint density at radius 2 is 1.39 bits per heavy atom. The van der Waals surface area contributed by atoms with Gasteiger partial charge in [0.2, 0.25) is 0 Å². The molecule has 0 radical (unpaired) electrons. The third kappa shape index (κ3) is 4.90. The van der Waals surface area contributed by atoms with E-state index >= 15 is 0 Å². The molecule has 2 heteroatoms. The zero-order valence-electron chi connectivity index (χ0n) is 16.8. The molecule has 0 saturated carbocycles. The Kier molecular flexibility index (Phi) is 7.05. The summed E-state index contributed by atoms with van der Waals surface area (Å²) in [6, 6.07) is 27.0. The normalized spacial score (nSPS) is 11.9. The minimum atomic E-state index is 0.292. The zero-order valence-corrected chi connectivity index (χ0v) is 16.8. The number of benzene rings is 3. The first-order valence-corrected chi connectivity index (χ1v) is 10.0. The van der Waals surface area contributed by atoms with Crippen LogP contribution in [0.1, 0.15) is 42.0 Å². The summed E-state index contributed by atoms with van der Waals surface area (Å²) in [7, 11) is 1.99. The van der Waals surface area contributed by atoms with Crippen LogP contribution in [0.4, 0.5) is 0 Å². The second kappa shape index (κ2) is 9.91. The summed E-state index contributed by atoms with van der Waals surface area (Å²) in [5, 5.41) is 12.9. The second-order valence-corrected chi connectivity index (χ2v) is 7.02. The Hall–Kier alpha value is -2.84. The molecule has 0 spiro atoms. The van der Waals surface area contributed by atoms with Crippen molar-refractivity contribution in [3.63, 3.8) is 0 Å². The van der Waals surface area contributed by atoms with Gasteiger partial charge in [-0.2, -0.15) is 0 Å². The number of nitrogens with one attached hydrogen (secondary N) is 1. The predicted molar refractivity (Wildman–Crippen MR) is 119 cm³/mol. The highest BCUT2D eigenvalue weighted by Crippen LogP contribution is 2.35. The summed E-state index contributed by atoms with van der Waals surface area (Å²) in [5.41, 5.74) is 7.49. The largest absolute Gasteiger partial charge is 0.508 e. The van der Waals surface area contributed by atoms with Gasteiger partial charge >= 0.3 is 0 Å². The van der Waals surface area contributed by atoms with Crippen molar-refractivity contribution in [3.05, 3.63) is 101 Å². The molecule has 0 fully saturated rings.